The number of pyridine rings is 1. The van der Waals surface area contributed by atoms with Crippen molar-refractivity contribution in [2.24, 2.45) is 0 Å². The van der Waals surface area contributed by atoms with Gasteiger partial charge in [0, 0.05) is 30.5 Å². The van der Waals surface area contributed by atoms with Gasteiger partial charge in [0.05, 0.1) is 0 Å². The molecule has 0 saturated heterocycles. The van der Waals surface area contributed by atoms with Crippen molar-refractivity contribution < 1.29 is 9.59 Å². The maximum Gasteiger partial charge on any atom is 0.274 e. The highest BCUT2D eigenvalue weighted by Gasteiger charge is 2.19. The molecule has 0 unspecified atom stereocenters. The predicted molar refractivity (Wildman–Crippen MR) is 112 cm³/mol. The van der Waals surface area contributed by atoms with Crippen LogP contribution in [0.15, 0.2) is 42.5 Å². The molecular weight excluding hydrogens is 352 g/mol. The van der Waals surface area contributed by atoms with Crippen LogP contribution in [-0.4, -0.2) is 35.9 Å². The van der Waals surface area contributed by atoms with Crippen molar-refractivity contribution in [2.45, 2.75) is 45.6 Å². The first-order chi connectivity index (χ1) is 13.6. The summed E-state index contributed by atoms with van der Waals surface area (Å²) in [6.45, 7) is 6.09. The maximum absolute atomic E-state index is 12.5. The quantitative estimate of drug-likeness (QED) is 0.765. The number of amides is 2. The Balaban J connectivity index is 1.65. The molecule has 2 aromatic rings. The molecule has 148 valence electrons. The van der Waals surface area contributed by atoms with E-state index < -0.39 is 0 Å². The van der Waals surface area contributed by atoms with Gasteiger partial charge in [-0.25, -0.2) is 4.98 Å². The second kappa shape index (κ2) is 9.35. The molecule has 1 saturated carbocycles. The second-order valence-electron chi connectivity index (χ2n) is 7.04. The Morgan fingerprint density at radius 1 is 0.964 bits per heavy atom. The van der Waals surface area contributed by atoms with E-state index in [1.165, 1.54) is 0 Å². The van der Waals surface area contributed by atoms with Crippen molar-refractivity contribution in [3.63, 3.8) is 0 Å². The Kier molecular flexibility index (Phi) is 6.63. The Morgan fingerprint density at radius 3 is 2.18 bits per heavy atom. The van der Waals surface area contributed by atoms with Crippen molar-refractivity contribution in [2.75, 3.05) is 23.3 Å². The fraction of sp³-hybridized carbons (Fsp3) is 0.409. The van der Waals surface area contributed by atoms with Gasteiger partial charge in [0.25, 0.3) is 11.8 Å². The van der Waals surface area contributed by atoms with Crippen LogP contribution in [0.3, 0.4) is 0 Å². The minimum atomic E-state index is -0.328. The van der Waals surface area contributed by atoms with Gasteiger partial charge in [-0.05, 0) is 63.1 Å². The molecule has 6 heteroatoms. The molecule has 1 aliphatic carbocycles. The molecule has 2 N–H and O–H groups in total. The number of nitrogens with zero attached hydrogens (tertiary/aromatic N) is 2. The average Bonchev–Trinajstić information content (AvgIpc) is 3.23. The van der Waals surface area contributed by atoms with E-state index in [-0.39, 0.29) is 29.2 Å². The molecule has 2 amide bonds. The summed E-state index contributed by atoms with van der Waals surface area (Å²) < 4.78 is 0. The van der Waals surface area contributed by atoms with Crippen LogP contribution in [0.4, 0.5) is 11.4 Å². The standard InChI is InChI=1S/C22H28N4O2/c1-3-26(4-2)18-14-12-17(13-15-18)24-22(28)20-11-7-10-19(25-20)21(27)23-16-8-5-6-9-16/h7,10-16H,3-6,8-9H2,1-2H3,(H,23,27)(H,24,28). The number of carbonyl (C=O) groups is 2. The number of rotatable bonds is 7. The molecule has 1 aromatic heterocycles. The average molecular weight is 380 g/mol. The Bertz CT molecular complexity index is 810. The third-order valence-corrected chi connectivity index (χ3v) is 5.16. The zero-order valence-electron chi connectivity index (χ0n) is 16.6. The monoisotopic (exact) mass is 380 g/mol. The third-order valence-electron chi connectivity index (χ3n) is 5.16. The molecule has 1 fully saturated rings. The van der Waals surface area contributed by atoms with Crippen LogP contribution in [0.5, 0.6) is 0 Å². The third kappa shape index (κ3) is 4.88. The number of aromatic nitrogens is 1. The first kappa shape index (κ1) is 19.9. The summed E-state index contributed by atoms with van der Waals surface area (Å²) in [6, 6.07) is 12.9. The summed E-state index contributed by atoms with van der Waals surface area (Å²) in [5.74, 6) is -0.545. The lowest BCUT2D eigenvalue weighted by Crippen LogP contribution is -2.33. The van der Waals surface area contributed by atoms with Crippen molar-refractivity contribution in [1.82, 2.24) is 10.3 Å². The number of carbonyl (C=O) groups excluding carboxylic acids is 2. The van der Waals surface area contributed by atoms with E-state index >= 15 is 0 Å². The molecule has 1 aliphatic rings. The first-order valence-corrected chi connectivity index (χ1v) is 10.0. The van der Waals surface area contributed by atoms with E-state index in [1.54, 1.807) is 18.2 Å². The van der Waals surface area contributed by atoms with Crippen LogP contribution in [0.25, 0.3) is 0 Å². The van der Waals surface area contributed by atoms with Crippen LogP contribution in [-0.2, 0) is 0 Å². The molecule has 0 atom stereocenters. The molecule has 0 bridgehead atoms. The number of nitrogens with one attached hydrogen (secondary N) is 2. The van der Waals surface area contributed by atoms with Gasteiger partial charge in [0.2, 0.25) is 0 Å². The number of hydrogen-bond donors (Lipinski definition) is 2. The highest BCUT2D eigenvalue weighted by atomic mass is 16.2. The van der Waals surface area contributed by atoms with Gasteiger partial charge in [-0.3, -0.25) is 9.59 Å². The van der Waals surface area contributed by atoms with E-state index in [9.17, 15) is 9.59 Å². The van der Waals surface area contributed by atoms with Crippen LogP contribution >= 0.6 is 0 Å². The van der Waals surface area contributed by atoms with Crippen LogP contribution in [0.1, 0.15) is 60.5 Å². The number of anilines is 2. The van der Waals surface area contributed by atoms with Crippen molar-refractivity contribution in [3.8, 4) is 0 Å². The molecule has 1 heterocycles. The lowest BCUT2D eigenvalue weighted by molar-refractivity contribution is 0.0932. The topological polar surface area (TPSA) is 74.3 Å². The van der Waals surface area contributed by atoms with Gasteiger partial charge in [-0.15, -0.1) is 0 Å². The van der Waals surface area contributed by atoms with Crippen molar-refractivity contribution in [3.05, 3.63) is 53.9 Å². The van der Waals surface area contributed by atoms with Gasteiger partial charge in [-0.2, -0.15) is 0 Å². The van der Waals surface area contributed by atoms with Crippen molar-refractivity contribution in [1.29, 1.82) is 0 Å². The lowest BCUT2D eigenvalue weighted by Gasteiger charge is -2.21. The lowest BCUT2D eigenvalue weighted by atomic mass is 10.2. The van der Waals surface area contributed by atoms with Gasteiger partial charge >= 0.3 is 0 Å². The summed E-state index contributed by atoms with van der Waals surface area (Å²) in [4.78, 5) is 31.4. The Labute approximate surface area is 166 Å². The molecule has 1 aromatic carbocycles. The van der Waals surface area contributed by atoms with E-state index in [2.05, 4.69) is 34.4 Å². The second-order valence-corrected chi connectivity index (χ2v) is 7.04. The summed E-state index contributed by atoms with van der Waals surface area (Å²) in [7, 11) is 0. The van der Waals surface area contributed by atoms with E-state index in [0.29, 0.717) is 5.69 Å². The Hall–Kier alpha value is -2.89. The summed E-state index contributed by atoms with van der Waals surface area (Å²) in [5.41, 5.74) is 2.32. The minimum Gasteiger partial charge on any atom is -0.372 e. The molecule has 0 aliphatic heterocycles. The number of hydrogen-bond acceptors (Lipinski definition) is 4. The fourth-order valence-electron chi connectivity index (χ4n) is 3.56. The fourth-order valence-corrected chi connectivity index (χ4v) is 3.56. The summed E-state index contributed by atoms with van der Waals surface area (Å²) >= 11 is 0. The predicted octanol–water partition coefficient (Wildman–Crippen LogP) is 3.85. The molecule has 6 nitrogen and oxygen atoms in total. The first-order valence-electron chi connectivity index (χ1n) is 10.0. The van der Waals surface area contributed by atoms with Gasteiger partial charge < -0.3 is 15.5 Å². The molecule has 28 heavy (non-hydrogen) atoms. The normalized spacial score (nSPS) is 13.9. The van der Waals surface area contributed by atoms with E-state index in [4.69, 9.17) is 0 Å². The largest absolute Gasteiger partial charge is 0.372 e. The highest BCUT2D eigenvalue weighted by molar-refractivity contribution is 6.04. The van der Waals surface area contributed by atoms with Crippen LogP contribution in [0, 0.1) is 0 Å². The van der Waals surface area contributed by atoms with Gasteiger partial charge in [-0.1, -0.05) is 18.9 Å². The summed E-state index contributed by atoms with van der Waals surface area (Å²) in [6.07, 6.45) is 4.31. The van der Waals surface area contributed by atoms with Gasteiger partial charge in [0.1, 0.15) is 11.4 Å². The SMILES string of the molecule is CCN(CC)c1ccc(NC(=O)c2cccc(C(=O)NC3CCCC3)n2)cc1. The molecule has 0 spiro atoms. The molecule has 3 rings (SSSR count). The Morgan fingerprint density at radius 2 is 1.57 bits per heavy atom. The maximum atomic E-state index is 12.5. The number of benzene rings is 1. The minimum absolute atomic E-state index is 0.217. The molecular formula is C22H28N4O2. The van der Waals surface area contributed by atoms with Crippen LogP contribution in [0.2, 0.25) is 0 Å². The van der Waals surface area contributed by atoms with Crippen LogP contribution < -0.4 is 15.5 Å². The molecule has 0 radical (unpaired) electrons. The van der Waals surface area contributed by atoms with E-state index in [1.807, 2.05) is 24.3 Å². The zero-order valence-corrected chi connectivity index (χ0v) is 16.6. The zero-order chi connectivity index (χ0) is 19.9. The van der Waals surface area contributed by atoms with Gasteiger partial charge in [0.15, 0.2) is 0 Å². The smallest absolute Gasteiger partial charge is 0.274 e. The highest BCUT2D eigenvalue weighted by Crippen LogP contribution is 2.19. The van der Waals surface area contributed by atoms with Crippen molar-refractivity contribution >= 4 is 23.2 Å². The summed E-state index contributed by atoms with van der Waals surface area (Å²) in [5, 5.41) is 5.85. The van der Waals surface area contributed by atoms with E-state index in [0.717, 1.165) is 44.5 Å².